The molecule has 2 N–H and O–H groups in total. The smallest absolute Gasteiger partial charge is 0.276 e. The van der Waals surface area contributed by atoms with Crippen molar-refractivity contribution in [2.75, 3.05) is 13.2 Å². The van der Waals surface area contributed by atoms with E-state index in [1.807, 2.05) is 37.4 Å². The molecule has 0 aliphatic rings. The maximum atomic E-state index is 12.2. The number of nitrogens with zero attached hydrogens (tertiary/aromatic N) is 1. The number of ether oxygens (including phenoxy) is 2. The second-order valence-electron chi connectivity index (χ2n) is 6.04. The minimum atomic E-state index is -0.487. The van der Waals surface area contributed by atoms with Crippen LogP contribution in [0.5, 0.6) is 11.5 Å². The van der Waals surface area contributed by atoms with E-state index in [2.05, 4.69) is 15.8 Å². The third-order valence-corrected chi connectivity index (χ3v) is 4.85. The molecule has 0 radical (unpaired) electrons. The molecule has 150 valence electrons. The number of hydrogen-bond acceptors (Lipinski definition) is 6. The lowest BCUT2D eigenvalue weighted by molar-refractivity contribution is -0.123. The molecule has 1 heterocycles. The third-order valence-electron chi connectivity index (χ3n) is 3.84. The predicted octanol–water partition coefficient (Wildman–Crippen LogP) is 3.36. The Kier molecular flexibility index (Phi) is 6.80. The van der Waals surface area contributed by atoms with Gasteiger partial charge in [-0.15, -0.1) is 11.3 Å². The summed E-state index contributed by atoms with van der Waals surface area (Å²) in [5.41, 5.74) is 7.03. The number of para-hydroxylation sites is 2. The monoisotopic (exact) mass is 411 g/mol. The summed E-state index contributed by atoms with van der Waals surface area (Å²) in [5.74, 6) is 0.112. The molecule has 8 heteroatoms. The minimum Gasteiger partial charge on any atom is -0.490 e. The molecule has 0 aliphatic carbocycles. The van der Waals surface area contributed by atoms with E-state index < -0.39 is 11.8 Å². The summed E-state index contributed by atoms with van der Waals surface area (Å²) < 4.78 is 10.9. The van der Waals surface area contributed by atoms with Gasteiger partial charge in [0.1, 0.15) is 5.01 Å². The van der Waals surface area contributed by atoms with Crippen LogP contribution in [-0.2, 0) is 4.79 Å². The van der Waals surface area contributed by atoms with Gasteiger partial charge in [-0.25, -0.2) is 4.98 Å². The highest BCUT2D eigenvalue weighted by atomic mass is 32.1. The van der Waals surface area contributed by atoms with Crippen LogP contribution < -0.4 is 20.3 Å². The Hall–Kier alpha value is -3.39. The van der Waals surface area contributed by atoms with Crippen molar-refractivity contribution < 1.29 is 19.1 Å². The second kappa shape index (κ2) is 9.70. The Bertz CT molecular complexity index is 986. The number of carbonyl (C=O) groups excluding carboxylic acids is 2. The first-order valence-electron chi connectivity index (χ1n) is 9.03. The molecule has 2 amide bonds. The molecule has 0 atom stereocenters. The Morgan fingerprint density at radius 1 is 1.00 bits per heavy atom. The number of benzene rings is 2. The van der Waals surface area contributed by atoms with Gasteiger partial charge >= 0.3 is 0 Å². The van der Waals surface area contributed by atoms with Crippen molar-refractivity contribution in [3.63, 3.8) is 0 Å². The molecule has 0 fully saturated rings. The van der Waals surface area contributed by atoms with E-state index >= 15 is 0 Å². The standard InChI is InChI=1S/C21H21N3O4S/c1-3-27-17-6-4-5-7-18(17)28-12-19(25)23-24-20(26)15-8-10-16(11-9-15)21-22-14(2)13-29-21/h4-11,13H,3,12H2,1-2H3,(H,23,25)(H,24,26). The van der Waals surface area contributed by atoms with Gasteiger partial charge in [0.2, 0.25) is 0 Å². The first-order valence-corrected chi connectivity index (χ1v) is 9.91. The minimum absolute atomic E-state index is 0.257. The number of aryl methyl sites for hydroxylation is 1. The maximum Gasteiger partial charge on any atom is 0.276 e. The lowest BCUT2D eigenvalue weighted by Gasteiger charge is -2.12. The van der Waals surface area contributed by atoms with Gasteiger partial charge in [0.25, 0.3) is 11.8 Å². The molecule has 29 heavy (non-hydrogen) atoms. The summed E-state index contributed by atoms with van der Waals surface area (Å²) in [6, 6.07) is 14.1. The second-order valence-corrected chi connectivity index (χ2v) is 6.90. The van der Waals surface area contributed by atoms with Crippen molar-refractivity contribution in [3.8, 4) is 22.1 Å². The van der Waals surface area contributed by atoms with Crippen molar-refractivity contribution in [2.24, 2.45) is 0 Å². The zero-order valence-corrected chi connectivity index (χ0v) is 16.9. The number of amides is 2. The predicted molar refractivity (Wildman–Crippen MR) is 111 cm³/mol. The highest BCUT2D eigenvalue weighted by molar-refractivity contribution is 7.13. The van der Waals surface area contributed by atoms with Crippen molar-refractivity contribution in [2.45, 2.75) is 13.8 Å². The van der Waals surface area contributed by atoms with Crippen LogP contribution in [0.15, 0.2) is 53.9 Å². The van der Waals surface area contributed by atoms with E-state index in [1.54, 1.807) is 41.7 Å². The number of hydrogen-bond donors (Lipinski definition) is 2. The van der Waals surface area contributed by atoms with E-state index in [0.717, 1.165) is 16.3 Å². The van der Waals surface area contributed by atoms with Crippen molar-refractivity contribution in [3.05, 3.63) is 65.2 Å². The maximum absolute atomic E-state index is 12.2. The van der Waals surface area contributed by atoms with E-state index in [1.165, 1.54) is 0 Å². The zero-order valence-electron chi connectivity index (χ0n) is 16.1. The molecular formula is C21H21N3O4S. The average molecular weight is 411 g/mol. The molecule has 2 aromatic carbocycles. The van der Waals surface area contributed by atoms with Crippen LogP contribution in [-0.4, -0.2) is 30.0 Å². The Morgan fingerprint density at radius 2 is 1.69 bits per heavy atom. The highest BCUT2D eigenvalue weighted by Crippen LogP contribution is 2.26. The third kappa shape index (κ3) is 5.55. The summed E-state index contributed by atoms with van der Waals surface area (Å²) >= 11 is 1.55. The number of nitrogens with one attached hydrogen (secondary N) is 2. The molecule has 0 spiro atoms. The molecular weight excluding hydrogens is 390 g/mol. The normalized spacial score (nSPS) is 10.3. The van der Waals surface area contributed by atoms with Gasteiger partial charge in [-0.2, -0.15) is 0 Å². The summed E-state index contributed by atoms with van der Waals surface area (Å²) in [4.78, 5) is 28.6. The molecule has 3 aromatic rings. The van der Waals surface area contributed by atoms with E-state index in [4.69, 9.17) is 9.47 Å². The number of rotatable bonds is 7. The summed E-state index contributed by atoms with van der Waals surface area (Å²) in [7, 11) is 0. The topological polar surface area (TPSA) is 89.5 Å². The van der Waals surface area contributed by atoms with Crippen LogP contribution in [0.2, 0.25) is 0 Å². The van der Waals surface area contributed by atoms with Gasteiger partial charge in [-0.3, -0.25) is 20.4 Å². The van der Waals surface area contributed by atoms with Crippen LogP contribution in [0.3, 0.4) is 0 Å². The van der Waals surface area contributed by atoms with Gasteiger partial charge in [0.05, 0.1) is 6.61 Å². The molecule has 0 bridgehead atoms. The first kappa shape index (κ1) is 20.3. The molecule has 0 unspecified atom stereocenters. The highest BCUT2D eigenvalue weighted by Gasteiger charge is 2.11. The number of aromatic nitrogens is 1. The molecule has 0 saturated carbocycles. The largest absolute Gasteiger partial charge is 0.490 e. The fourth-order valence-electron chi connectivity index (χ4n) is 2.47. The van der Waals surface area contributed by atoms with Gasteiger partial charge < -0.3 is 9.47 Å². The number of carbonyl (C=O) groups is 2. The fourth-order valence-corrected chi connectivity index (χ4v) is 3.28. The van der Waals surface area contributed by atoms with Gasteiger partial charge in [0, 0.05) is 22.2 Å². The van der Waals surface area contributed by atoms with Crippen LogP contribution in [0.25, 0.3) is 10.6 Å². The number of thiazole rings is 1. The molecule has 7 nitrogen and oxygen atoms in total. The molecule has 1 aromatic heterocycles. The molecule has 3 rings (SSSR count). The van der Waals surface area contributed by atoms with Crippen LogP contribution in [0.4, 0.5) is 0 Å². The van der Waals surface area contributed by atoms with Crippen LogP contribution in [0.1, 0.15) is 23.0 Å². The van der Waals surface area contributed by atoms with Gasteiger partial charge in [0.15, 0.2) is 18.1 Å². The Balaban J connectivity index is 1.49. The summed E-state index contributed by atoms with van der Waals surface area (Å²) in [6.45, 7) is 4.03. The van der Waals surface area contributed by atoms with Crippen LogP contribution >= 0.6 is 11.3 Å². The Morgan fingerprint density at radius 3 is 2.31 bits per heavy atom. The average Bonchev–Trinajstić information content (AvgIpc) is 3.18. The fraction of sp³-hybridized carbons (Fsp3) is 0.190. The van der Waals surface area contributed by atoms with E-state index in [-0.39, 0.29) is 6.61 Å². The Labute approximate surface area is 172 Å². The lowest BCUT2D eigenvalue weighted by Crippen LogP contribution is -2.43. The SMILES string of the molecule is CCOc1ccccc1OCC(=O)NNC(=O)c1ccc(-c2nc(C)cs2)cc1. The van der Waals surface area contributed by atoms with E-state index in [9.17, 15) is 9.59 Å². The quantitative estimate of drug-likeness (QED) is 0.582. The lowest BCUT2D eigenvalue weighted by atomic mass is 10.1. The molecule has 0 aliphatic heterocycles. The van der Waals surface area contributed by atoms with E-state index in [0.29, 0.717) is 23.7 Å². The van der Waals surface area contributed by atoms with Crippen molar-refractivity contribution >= 4 is 23.2 Å². The molecule has 0 saturated heterocycles. The first-order chi connectivity index (χ1) is 14.1. The van der Waals surface area contributed by atoms with Crippen LogP contribution in [0, 0.1) is 6.92 Å². The summed E-state index contributed by atoms with van der Waals surface area (Å²) in [5, 5.41) is 2.87. The van der Waals surface area contributed by atoms with Crippen molar-refractivity contribution in [1.29, 1.82) is 0 Å². The van der Waals surface area contributed by atoms with Crippen molar-refractivity contribution in [1.82, 2.24) is 15.8 Å². The van der Waals surface area contributed by atoms with Gasteiger partial charge in [-0.1, -0.05) is 24.3 Å². The zero-order chi connectivity index (χ0) is 20.6. The van der Waals surface area contributed by atoms with Gasteiger partial charge in [-0.05, 0) is 38.1 Å². The summed E-state index contributed by atoms with van der Waals surface area (Å²) in [6.07, 6.45) is 0. The number of hydrazine groups is 1.